The first-order chi connectivity index (χ1) is 8.22. The molecule has 4 nitrogen and oxygen atoms in total. The second kappa shape index (κ2) is 4.62. The van der Waals surface area contributed by atoms with Gasteiger partial charge in [-0.15, -0.1) is 16.4 Å². The Labute approximate surface area is 113 Å². The number of aromatic nitrogens is 3. The van der Waals surface area contributed by atoms with Crippen LogP contribution in [0, 0.1) is 0 Å². The molecule has 0 bridgehead atoms. The molecule has 2 aromatic rings. The molecule has 7 heteroatoms. The lowest BCUT2D eigenvalue weighted by Crippen LogP contribution is -1.97. The van der Waals surface area contributed by atoms with Gasteiger partial charge in [0.15, 0.2) is 0 Å². The van der Waals surface area contributed by atoms with Gasteiger partial charge in [0.25, 0.3) is 0 Å². The number of aromatic amines is 1. The SMILES string of the molecule is O=S(Cc1cc(Br)cs1)c1n[nH]c(C2CC2)n1. The molecular weight excluding hydrogens is 322 g/mol. The van der Waals surface area contributed by atoms with E-state index in [1.807, 2.05) is 11.4 Å². The number of hydrogen-bond acceptors (Lipinski definition) is 4. The molecule has 2 heterocycles. The van der Waals surface area contributed by atoms with Crippen molar-refractivity contribution in [3.63, 3.8) is 0 Å². The Kier molecular flexibility index (Phi) is 3.14. The maximum Gasteiger partial charge on any atom is 0.239 e. The van der Waals surface area contributed by atoms with Gasteiger partial charge in [-0.3, -0.25) is 9.31 Å². The second-order valence-corrected chi connectivity index (χ2v) is 7.25. The molecule has 1 aliphatic carbocycles. The van der Waals surface area contributed by atoms with Crippen LogP contribution in [0.5, 0.6) is 0 Å². The summed E-state index contributed by atoms with van der Waals surface area (Å²) in [4.78, 5) is 5.38. The highest BCUT2D eigenvalue weighted by atomic mass is 79.9. The summed E-state index contributed by atoms with van der Waals surface area (Å²) in [6, 6.07) is 1.98. The lowest BCUT2D eigenvalue weighted by Gasteiger charge is -1.93. The van der Waals surface area contributed by atoms with Gasteiger partial charge in [-0.05, 0) is 34.8 Å². The number of rotatable bonds is 4. The minimum atomic E-state index is -1.15. The van der Waals surface area contributed by atoms with Crippen LogP contribution < -0.4 is 0 Å². The molecule has 1 aliphatic rings. The topological polar surface area (TPSA) is 58.6 Å². The van der Waals surface area contributed by atoms with E-state index in [4.69, 9.17) is 0 Å². The summed E-state index contributed by atoms with van der Waals surface area (Å²) in [5.74, 6) is 1.89. The Morgan fingerprint density at radius 2 is 2.41 bits per heavy atom. The van der Waals surface area contributed by atoms with Crippen LogP contribution in [-0.4, -0.2) is 19.4 Å². The molecule has 1 fully saturated rings. The summed E-state index contributed by atoms with van der Waals surface area (Å²) in [7, 11) is -1.15. The summed E-state index contributed by atoms with van der Waals surface area (Å²) in [6.45, 7) is 0. The molecule has 2 aromatic heterocycles. The van der Waals surface area contributed by atoms with Gasteiger partial charge < -0.3 is 0 Å². The smallest absolute Gasteiger partial charge is 0.239 e. The van der Waals surface area contributed by atoms with E-state index in [2.05, 4.69) is 31.1 Å². The average Bonchev–Trinajstić information content (AvgIpc) is 2.88. The van der Waals surface area contributed by atoms with E-state index in [9.17, 15) is 4.21 Å². The van der Waals surface area contributed by atoms with Gasteiger partial charge in [0.05, 0.1) is 16.6 Å². The minimum absolute atomic E-state index is 0.427. The maximum absolute atomic E-state index is 12.0. The molecule has 0 radical (unpaired) electrons. The molecule has 0 aliphatic heterocycles. The second-order valence-electron chi connectivity index (χ2n) is 4.00. The number of H-pyrrole nitrogens is 1. The van der Waals surface area contributed by atoms with E-state index in [1.165, 1.54) is 12.8 Å². The molecule has 0 aromatic carbocycles. The Bertz CT molecular complexity index is 561. The molecule has 3 rings (SSSR count). The van der Waals surface area contributed by atoms with Crippen molar-refractivity contribution in [1.82, 2.24) is 15.2 Å². The van der Waals surface area contributed by atoms with Crippen molar-refractivity contribution in [2.24, 2.45) is 0 Å². The molecule has 1 N–H and O–H groups in total. The van der Waals surface area contributed by atoms with Crippen molar-refractivity contribution in [1.29, 1.82) is 0 Å². The molecule has 1 unspecified atom stereocenters. The van der Waals surface area contributed by atoms with Crippen LogP contribution in [0.3, 0.4) is 0 Å². The minimum Gasteiger partial charge on any atom is -0.262 e. The van der Waals surface area contributed by atoms with Gasteiger partial charge in [0.2, 0.25) is 5.16 Å². The fourth-order valence-corrected chi connectivity index (χ4v) is 4.17. The van der Waals surface area contributed by atoms with Crippen LogP contribution in [0.25, 0.3) is 0 Å². The lowest BCUT2D eigenvalue weighted by atomic mass is 10.4. The number of hydrogen-bond donors (Lipinski definition) is 1. The van der Waals surface area contributed by atoms with Gasteiger partial charge in [-0.2, -0.15) is 0 Å². The van der Waals surface area contributed by atoms with E-state index in [-0.39, 0.29) is 0 Å². The van der Waals surface area contributed by atoms with Gasteiger partial charge in [0, 0.05) is 20.6 Å². The highest BCUT2D eigenvalue weighted by molar-refractivity contribution is 9.10. The van der Waals surface area contributed by atoms with Crippen LogP contribution in [0.15, 0.2) is 21.1 Å². The molecular formula is C10H10BrN3OS2. The molecule has 0 spiro atoms. The van der Waals surface area contributed by atoms with Gasteiger partial charge in [-0.1, -0.05) is 0 Å². The average molecular weight is 332 g/mol. The van der Waals surface area contributed by atoms with Gasteiger partial charge >= 0.3 is 0 Å². The zero-order valence-corrected chi connectivity index (χ0v) is 12.1. The Hall–Kier alpha value is -0.530. The summed E-state index contributed by atoms with van der Waals surface area (Å²) >= 11 is 4.98. The lowest BCUT2D eigenvalue weighted by molar-refractivity contribution is 0.676. The normalized spacial score (nSPS) is 17.2. The standard InChI is InChI=1S/C10H10BrN3OS2/c11-7-3-8(16-4-7)5-17(15)10-12-9(13-14-10)6-1-2-6/h3-4,6H,1-2,5H2,(H,12,13,14). The van der Waals surface area contributed by atoms with E-state index >= 15 is 0 Å². The van der Waals surface area contributed by atoms with E-state index < -0.39 is 10.8 Å². The predicted octanol–water partition coefficient (Wildman–Crippen LogP) is 2.81. The predicted molar refractivity (Wildman–Crippen MR) is 70.5 cm³/mol. The molecule has 17 heavy (non-hydrogen) atoms. The highest BCUT2D eigenvalue weighted by Gasteiger charge is 2.27. The molecule has 90 valence electrons. The van der Waals surface area contributed by atoms with Crippen LogP contribution in [0.2, 0.25) is 0 Å². The highest BCUT2D eigenvalue weighted by Crippen LogP contribution is 2.38. The Morgan fingerprint density at radius 1 is 1.59 bits per heavy atom. The van der Waals surface area contributed by atoms with Gasteiger partial charge in [-0.25, -0.2) is 4.98 Å². The van der Waals surface area contributed by atoms with Crippen molar-refractivity contribution < 1.29 is 4.21 Å². The molecule has 0 saturated heterocycles. The third-order valence-corrected chi connectivity index (χ3v) is 5.59. The number of nitrogens with zero attached hydrogens (tertiary/aromatic N) is 2. The van der Waals surface area contributed by atoms with Crippen LogP contribution >= 0.6 is 27.3 Å². The number of nitrogens with one attached hydrogen (secondary N) is 1. The van der Waals surface area contributed by atoms with E-state index in [0.29, 0.717) is 16.8 Å². The van der Waals surface area contributed by atoms with Crippen molar-refractivity contribution in [2.75, 3.05) is 0 Å². The monoisotopic (exact) mass is 331 g/mol. The zero-order valence-electron chi connectivity index (χ0n) is 8.85. The van der Waals surface area contributed by atoms with Crippen molar-refractivity contribution in [2.45, 2.75) is 29.7 Å². The van der Waals surface area contributed by atoms with Crippen LogP contribution in [0.1, 0.15) is 29.5 Å². The van der Waals surface area contributed by atoms with Crippen molar-refractivity contribution >= 4 is 38.1 Å². The molecule has 0 amide bonds. The fraction of sp³-hybridized carbons (Fsp3) is 0.400. The Balaban J connectivity index is 1.72. The van der Waals surface area contributed by atoms with Crippen LogP contribution in [-0.2, 0) is 16.6 Å². The Morgan fingerprint density at radius 3 is 3.06 bits per heavy atom. The van der Waals surface area contributed by atoms with E-state index in [1.54, 1.807) is 11.3 Å². The first-order valence-corrected chi connectivity index (χ1v) is 8.25. The number of halogens is 1. The maximum atomic E-state index is 12.0. The van der Waals surface area contributed by atoms with Gasteiger partial charge in [0.1, 0.15) is 5.82 Å². The first-order valence-electron chi connectivity index (χ1n) is 5.26. The quantitative estimate of drug-likeness (QED) is 0.937. The summed E-state index contributed by atoms with van der Waals surface area (Å²) in [5, 5.41) is 9.33. The summed E-state index contributed by atoms with van der Waals surface area (Å²) < 4.78 is 13.1. The number of thiophene rings is 1. The van der Waals surface area contributed by atoms with E-state index in [0.717, 1.165) is 15.2 Å². The van der Waals surface area contributed by atoms with Crippen molar-refractivity contribution in [3.8, 4) is 0 Å². The molecule has 1 atom stereocenters. The van der Waals surface area contributed by atoms with Crippen molar-refractivity contribution in [3.05, 3.63) is 26.6 Å². The third kappa shape index (κ3) is 2.66. The third-order valence-electron chi connectivity index (χ3n) is 2.54. The molecule has 1 saturated carbocycles. The first kappa shape index (κ1) is 11.6. The summed E-state index contributed by atoms with van der Waals surface area (Å²) in [6.07, 6.45) is 2.33. The zero-order chi connectivity index (χ0) is 11.8. The largest absolute Gasteiger partial charge is 0.262 e. The summed E-state index contributed by atoms with van der Waals surface area (Å²) in [5.41, 5.74) is 0. The van der Waals surface area contributed by atoms with Crippen LogP contribution in [0.4, 0.5) is 0 Å². The fourth-order valence-electron chi connectivity index (χ4n) is 1.52.